The Morgan fingerprint density at radius 3 is 2.35 bits per heavy atom. The number of rotatable bonds is 6. The molecule has 0 heterocycles. The van der Waals surface area contributed by atoms with Crippen molar-refractivity contribution in [3.63, 3.8) is 0 Å². The lowest BCUT2D eigenvalue weighted by molar-refractivity contribution is -0.112. The average Bonchev–Trinajstić information content (AvgIpc) is 2.83. The molecular weight excluding hydrogens is 563 g/mol. The molecule has 0 aliphatic carbocycles. The van der Waals surface area contributed by atoms with E-state index in [9.17, 15) is 18.5 Å². The van der Waals surface area contributed by atoms with Gasteiger partial charge >= 0.3 is 10.1 Å². The molecule has 0 fully saturated rings. The number of halogens is 1. The quantitative estimate of drug-likeness (QED) is 0.136. The Bertz CT molecular complexity index is 1560. The number of nitrogens with zero attached hydrogens (tertiary/aromatic N) is 1. The standard InChI is InChI=1S/C26H17IN2O4S/c27-22-6-3-7-23(16-22)29-26(30)21(17-28)14-18-8-11-24(12-9-18)33-34(31,32)25-13-10-19-4-1-2-5-20(19)15-25/h1-16H,(H,29,30)/b21-14+. The Morgan fingerprint density at radius 2 is 1.65 bits per heavy atom. The van der Waals surface area contributed by atoms with Crippen LogP contribution in [0.2, 0.25) is 0 Å². The third-order valence-corrected chi connectivity index (χ3v) is 6.77. The zero-order chi connectivity index (χ0) is 24.1. The van der Waals surface area contributed by atoms with E-state index in [2.05, 4.69) is 27.9 Å². The van der Waals surface area contributed by atoms with Crippen LogP contribution in [0.5, 0.6) is 5.75 Å². The van der Waals surface area contributed by atoms with Crippen molar-refractivity contribution < 1.29 is 17.4 Å². The zero-order valence-electron chi connectivity index (χ0n) is 17.6. The van der Waals surface area contributed by atoms with Gasteiger partial charge in [0.05, 0.1) is 0 Å². The minimum absolute atomic E-state index is 0.0502. The number of anilines is 1. The number of hydrogen-bond acceptors (Lipinski definition) is 5. The second-order valence-electron chi connectivity index (χ2n) is 7.25. The van der Waals surface area contributed by atoms with Gasteiger partial charge in [-0.15, -0.1) is 0 Å². The fraction of sp³-hybridized carbons (Fsp3) is 0. The maximum atomic E-state index is 12.7. The largest absolute Gasteiger partial charge is 0.379 e. The highest BCUT2D eigenvalue weighted by molar-refractivity contribution is 14.1. The van der Waals surface area contributed by atoms with E-state index in [1.807, 2.05) is 36.4 Å². The number of amides is 1. The summed E-state index contributed by atoms with van der Waals surface area (Å²) in [7, 11) is -4.03. The molecule has 0 radical (unpaired) electrons. The van der Waals surface area contributed by atoms with Crippen molar-refractivity contribution in [3.05, 3.63) is 106 Å². The van der Waals surface area contributed by atoms with E-state index in [0.29, 0.717) is 11.3 Å². The summed E-state index contributed by atoms with van der Waals surface area (Å²) in [5.74, 6) is -0.421. The van der Waals surface area contributed by atoms with Crippen LogP contribution in [-0.4, -0.2) is 14.3 Å². The van der Waals surface area contributed by atoms with Gasteiger partial charge < -0.3 is 9.50 Å². The summed E-state index contributed by atoms with van der Waals surface area (Å²) in [5, 5.41) is 13.8. The molecule has 0 saturated heterocycles. The molecule has 0 spiro atoms. The van der Waals surface area contributed by atoms with E-state index in [0.717, 1.165) is 14.3 Å². The molecule has 0 aromatic heterocycles. The molecule has 0 aliphatic heterocycles. The van der Waals surface area contributed by atoms with Gasteiger partial charge in [0, 0.05) is 9.26 Å². The summed E-state index contributed by atoms with van der Waals surface area (Å²) >= 11 is 2.13. The maximum Gasteiger partial charge on any atom is 0.339 e. The third-order valence-electron chi connectivity index (χ3n) is 4.85. The van der Waals surface area contributed by atoms with Crippen molar-refractivity contribution in [1.82, 2.24) is 0 Å². The van der Waals surface area contributed by atoms with Crippen LogP contribution in [0, 0.1) is 14.9 Å². The number of carbonyl (C=O) groups excluding carboxylic acids is 1. The second-order valence-corrected chi connectivity index (χ2v) is 10.0. The number of nitriles is 1. The first-order valence-electron chi connectivity index (χ1n) is 10.1. The first-order chi connectivity index (χ1) is 16.3. The molecule has 0 saturated carbocycles. The molecule has 4 aromatic rings. The zero-order valence-corrected chi connectivity index (χ0v) is 20.6. The van der Waals surface area contributed by atoms with Gasteiger partial charge in [-0.05, 0) is 87.5 Å². The second kappa shape index (κ2) is 10.1. The fourth-order valence-corrected chi connectivity index (χ4v) is 4.71. The number of carbonyl (C=O) groups is 1. The molecule has 6 nitrogen and oxygen atoms in total. The molecule has 0 bridgehead atoms. The number of hydrogen-bond donors (Lipinski definition) is 1. The number of nitrogens with one attached hydrogen (secondary N) is 1. The Balaban J connectivity index is 1.49. The van der Waals surface area contributed by atoms with E-state index < -0.39 is 16.0 Å². The van der Waals surface area contributed by atoms with Crippen LogP contribution >= 0.6 is 22.6 Å². The van der Waals surface area contributed by atoms with Crippen molar-refractivity contribution in [2.24, 2.45) is 0 Å². The van der Waals surface area contributed by atoms with Crippen LogP contribution < -0.4 is 9.50 Å². The predicted molar refractivity (Wildman–Crippen MR) is 140 cm³/mol. The normalized spacial score (nSPS) is 11.6. The minimum Gasteiger partial charge on any atom is -0.379 e. The van der Waals surface area contributed by atoms with Crippen molar-refractivity contribution in [3.8, 4) is 11.8 Å². The Hall–Kier alpha value is -3.68. The molecule has 168 valence electrons. The number of benzene rings is 4. The van der Waals surface area contributed by atoms with Gasteiger partial charge in [-0.3, -0.25) is 4.79 Å². The van der Waals surface area contributed by atoms with Crippen molar-refractivity contribution in [2.75, 3.05) is 5.32 Å². The van der Waals surface area contributed by atoms with Gasteiger partial charge in [0.1, 0.15) is 22.3 Å². The van der Waals surface area contributed by atoms with Gasteiger partial charge in [0.15, 0.2) is 0 Å². The first-order valence-corrected chi connectivity index (χ1v) is 12.5. The third kappa shape index (κ3) is 5.62. The van der Waals surface area contributed by atoms with E-state index in [4.69, 9.17) is 4.18 Å². The lowest BCUT2D eigenvalue weighted by Crippen LogP contribution is -2.13. The Kier molecular flexibility index (Phi) is 6.95. The van der Waals surface area contributed by atoms with Crippen LogP contribution in [0.1, 0.15) is 5.56 Å². The Labute approximate surface area is 210 Å². The van der Waals surface area contributed by atoms with Crippen LogP contribution in [0.4, 0.5) is 5.69 Å². The van der Waals surface area contributed by atoms with E-state index in [-0.39, 0.29) is 16.2 Å². The molecular formula is C26H17IN2O4S. The SMILES string of the molecule is N#C/C(=C\c1ccc(OS(=O)(=O)c2ccc3ccccc3c2)cc1)C(=O)Nc1cccc(I)c1. The lowest BCUT2D eigenvalue weighted by Gasteiger charge is -2.08. The van der Waals surface area contributed by atoms with Crippen LogP contribution in [0.3, 0.4) is 0 Å². The molecule has 4 rings (SSSR count). The molecule has 0 unspecified atom stereocenters. The average molecular weight is 580 g/mol. The number of fused-ring (bicyclic) bond motifs is 1. The first kappa shape index (κ1) is 23.5. The molecule has 0 aliphatic rings. The van der Waals surface area contributed by atoms with Gasteiger partial charge in [0.2, 0.25) is 0 Å². The summed E-state index contributed by atoms with van der Waals surface area (Å²) in [4.78, 5) is 12.5. The molecule has 4 aromatic carbocycles. The minimum atomic E-state index is -4.03. The highest BCUT2D eigenvalue weighted by atomic mass is 127. The van der Waals surface area contributed by atoms with Crippen molar-refractivity contribution in [1.29, 1.82) is 5.26 Å². The summed E-state index contributed by atoms with van der Waals surface area (Å²) in [6.07, 6.45) is 1.42. The van der Waals surface area contributed by atoms with Crippen LogP contribution in [0.25, 0.3) is 16.8 Å². The summed E-state index contributed by atoms with van der Waals surface area (Å²) in [6, 6.07) is 27.4. The van der Waals surface area contributed by atoms with Crippen LogP contribution in [0.15, 0.2) is 101 Å². The molecule has 0 atom stereocenters. The summed E-state index contributed by atoms with van der Waals surface area (Å²) in [6.45, 7) is 0. The topological polar surface area (TPSA) is 96.3 Å². The summed E-state index contributed by atoms with van der Waals surface area (Å²) < 4.78 is 31.6. The molecule has 1 N–H and O–H groups in total. The highest BCUT2D eigenvalue weighted by Gasteiger charge is 2.17. The smallest absolute Gasteiger partial charge is 0.339 e. The lowest BCUT2D eigenvalue weighted by atomic mass is 10.1. The van der Waals surface area contributed by atoms with Crippen molar-refractivity contribution >= 4 is 61.2 Å². The maximum absolute atomic E-state index is 12.7. The van der Waals surface area contributed by atoms with Gasteiger partial charge in [-0.2, -0.15) is 13.7 Å². The predicted octanol–water partition coefficient (Wildman–Crippen LogP) is 5.76. The van der Waals surface area contributed by atoms with Gasteiger partial charge in [-0.1, -0.05) is 48.5 Å². The molecule has 34 heavy (non-hydrogen) atoms. The van der Waals surface area contributed by atoms with Crippen LogP contribution in [-0.2, 0) is 14.9 Å². The highest BCUT2D eigenvalue weighted by Crippen LogP contribution is 2.23. The van der Waals surface area contributed by atoms with Crippen molar-refractivity contribution in [2.45, 2.75) is 4.90 Å². The van der Waals surface area contributed by atoms with E-state index in [1.54, 1.807) is 42.5 Å². The van der Waals surface area contributed by atoms with Gasteiger partial charge in [0.25, 0.3) is 5.91 Å². The molecule has 1 amide bonds. The Morgan fingerprint density at radius 1 is 0.912 bits per heavy atom. The summed E-state index contributed by atoms with van der Waals surface area (Å²) in [5.41, 5.74) is 1.04. The molecule has 8 heteroatoms. The fourth-order valence-electron chi connectivity index (χ4n) is 3.20. The van der Waals surface area contributed by atoms with E-state index in [1.165, 1.54) is 24.3 Å². The van der Waals surface area contributed by atoms with E-state index >= 15 is 0 Å². The monoisotopic (exact) mass is 580 g/mol. The van der Waals surface area contributed by atoms with Gasteiger partial charge in [-0.25, -0.2) is 0 Å².